The van der Waals surface area contributed by atoms with Crippen LogP contribution in [0.4, 0.5) is 5.69 Å². The third-order valence-electron chi connectivity index (χ3n) is 2.76. The summed E-state index contributed by atoms with van der Waals surface area (Å²) in [5.41, 5.74) is 6.75. The van der Waals surface area contributed by atoms with Crippen molar-refractivity contribution in [1.82, 2.24) is 0 Å². The molecule has 1 unspecified atom stereocenters. The van der Waals surface area contributed by atoms with Crippen LogP contribution in [0.3, 0.4) is 0 Å². The standard InChI is InChI=1S/C14H12BrClN2O2/c15-9-3-1-2-4-11(9)18-13(14(17)20)8-5-6-12(19)10(16)7-8/h1-7,13,18-19H,(H2,17,20). The van der Waals surface area contributed by atoms with Gasteiger partial charge in [0.05, 0.1) is 5.02 Å². The molecular weight excluding hydrogens is 344 g/mol. The van der Waals surface area contributed by atoms with Gasteiger partial charge in [-0.05, 0) is 45.8 Å². The van der Waals surface area contributed by atoms with Crippen molar-refractivity contribution in [2.45, 2.75) is 6.04 Å². The number of benzene rings is 2. The highest BCUT2D eigenvalue weighted by molar-refractivity contribution is 9.10. The second-order valence-corrected chi connectivity index (χ2v) is 5.43. The van der Waals surface area contributed by atoms with E-state index in [1.54, 1.807) is 6.07 Å². The third-order valence-corrected chi connectivity index (χ3v) is 3.76. The van der Waals surface area contributed by atoms with E-state index in [2.05, 4.69) is 21.2 Å². The molecule has 2 aromatic rings. The molecule has 0 fully saturated rings. The molecule has 6 heteroatoms. The molecule has 0 aliphatic heterocycles. The minimum Gasteiger partial charge on any atom is -0.506 e. The Kier molecular flexibility index (Phi) is 4.52. The molecule has 0 saturated carbocycles. The molecule has 0 heterocycles. The molecule has 0 aliphatic rings. The van der Waals surface area contributed by atoms with Crippen molar-refractivity contribution < 1.29 is 9.90 Å². The van der Waals surface area contributed by atoms with Gasteiger partial charge in [0.2, 0.25) is 5.91 Å². The molecule has 0 aromatic heterocycles. The van der Waals surface area contributed by atoms with E-state index in [4.69, 9.17) is 17.3 Å². The van der Waals surface area contributed by atoms with Crippen molar-refractivity contribution in [3.8, 4) is 5.75 Å². The van der Waals surface area contributed by atoms with Gasteiger partial charge in [-0.1, -0.05) is 29.8 Å². The van der Waals surface area contributed by atoms with Crippen LogP contribution in [0.25, 0.3) is 0 Å². The Balaban J connectivity index is 2.34. The summed E-state index contributed by atoms with van der Waals surface area (Å²) in [6, 6.07) is 11.2. The van der Waals surface area contributed by atoms with Crippen LogP contribution in [-0.4, -0.2) is 11.0 Å². The van der Waals surface area contributed by atoms with Crippen LogP contribution >= 0.6 is 27.5 Å². The number of hydrogen-bond donors (Lipinski definition) is 3. The number of amides is 1. The molecule has 1 atom stereocenters. The SMILES string of the molecule is NC(=O)C(Nc1ccccc1Br)c1ccc(O)c(Cl)c1. The predicted molar refractivity (Wildman–Crippen MR) is 82.8 cm³/mol. The molecule has 0 aliphatic carbocycles. The van der Waals surface area contributed by atoms with Crippen LogP contribution in [0.1, 0.15) is 11.6 Å². The number of para-hydroxylation sites is 1. The van der Waals surface area contributed by atoms with Crippen molar-refractivity contribution >= 4 is 39.1 Å². The number of nitrogens with two attached hydrogens (primary N) is 1. The summed E-state index contributed by atoms with van der Waals surface area (Å²) in [5.74, 6) is -0.581. The molecule has 4 N–H and O–H groups in total. The van der Waals surface area contributed by atoms with E-state index in [9.17, 15) is 9.90 Å². The first-order chi connectivity index (χ1) is 9.49. The average molecular weight is 356 g/mol. The highest BCUT2D eigenvalue weighted by atomic mass is 79.9. The Morgan fingerprint density at radius 2 is 2.00 bits per heavy atom. The zero-order chi connectivity index (χ0) is 14.7. The van der Waals surface area contributed by atoms with E-state index < -0.39 is 11.9 Å². The fraction of sp³-hybridized carbons (Fsp3) is 0.0714. The van der Waals surface area contributed by atoms with Crippen molar-refractivity contribution in [3.63, 3.8) is 0 Å². The Morgan fingerprint density at radius 1 is 1.30 bits per heavy atom. The molecule has 2 rings (SSSR count). The van der Waals surface area contributed by atoms with Gasteiger partial charge >= 0.3 is 0 Å². The average Bonchev–Trinajstić information content (AvgIpc) is 2.41. The number of primary amides is 1. The minimum atomic E-state index is -0.744. The number of halogens is 2. The van der Waals surface area contributed by atoms with Crippen LogP contribution in [0.5, 0.6) is 5.75 Å². The third kappa shape index (κ3) is 3.23. The molecule has 0 saturated heterocycles. The number of rotatable bonds is 4. The fourth-order valence-electron chi connectivity index (χ4n) is 1.76. The topological polar surface area (TPSA) is 75.4 Å². The number of aromatic hydroxyl groups is 1. The first kappa shape index (κ1) is 14.7. The summed E-state index contributed by atoms with van der Waals surface area (Å²) in [6.07, 6.45) is 0. The summed E-state index contributed by atoms with van der Waals surface area (Å²) in [5, 5.41) is 12.6. The number of nitrogens with one attached hydrogen (secondary N) is 1. The number of anilines is 1. The first-order valence-corrected chi connectivity index (χ1v) is 6.95. The van der Waals surface area contributed by atoms with Crippen LogP contribution in [-0.2, 0) is 4.79 Å². The molecular formula is C14H12BrClN2O2. The Labute approximate surface area is 129 Å². The zero-order valence-corrected chi connectivity index (χ0v) is 12.6. The fourth-order valence-corrected chi connectivity index (χ4v) is 2.34. The first-order valence-electron chi connectivity index (χ1n) is 5.78. The van der Waals surface area contributed by atoms with Gasteiger partial charge in [-0.3, -0.25) is 4.79 Å². The van der Waals surface area contributed by atoms with E-state index in [0.29, 0.717) is 5.56 Å². The normalized spacial score (nSPS) is 11.9. The van der Waals surface area contributed by atoms with Crippen molar-refractivity contribution in [3.05, 3.63) is 57.5 Å². The lowest BCUT2D eigenvalue weighted by Gasteiger charge is -2.18. The number of phenols is 1. The second-order valence-electron chi connectivity index (χ2n) is 4.17. The maximum atomic E-state index is 11.7. The Hall–Kier alpha value is -1.72. The summed E-state index contributed by atoms with van der Waals surface area (Å²) in [7, 11) is 0. The highest BCUT2D eigenvalue weighted by Gasteiger charge is 2.19. The van der Waals surface area contributed by atoms with E-state index >= 15 is 0 Å². The van der Waals surface area contributed by atoms with Crippen LogP contribution in [0.15, 0.2) is 46.9 Å². The highest BCUT2D eigenvalue weighted by Crippen LogP contribution is 2.30. The molecule has 4 nitrogen and oxygen atoms in total. The summed E-state index contributed by atoms with van der Waals surface area (Å²) >= 11 is 9.25. The predicted octanol–water partition coefficient (Wildman–Crippen LogP) is 3.45. The van der Waals surface area contributed by atoms with Gasteiger partial charge in [-0.15, -0.1) is 0 Å². The van der Waals surface area contributed by atoms with Gasteiger partial charge in [0.15, 0.2) is 0 Å². The maximum Gasteiger partial charge on any atom is 0.244 e. The van der Waals surface area contributed by atoms with E-state index in [0.717, 1.165) is 10.2 Å². The van der Waals surface area contributed by atoms with Crippen molar-refractivity contribution in [2.75, 3.05) is 5.32 Å². The molecule has 0 spiro atoms. The lowest BCUT2D eigenvalue weighted by Crippen LogP contribution is -2.27. The molecule has 1 amide bonds. The van der Waals surface area contributed by atoms with Crippen LogP contribution in [0.2, 0.25) is 5.02 Å². The molecule has 0 bridgehead atoms. The number of carbonyl (C=O) groups excluding carboxylic acids is 1. The van der Waals surface area contributed by atoms with Gasteiger partial charge in [-0.2, -0.15) is 0 Å². The number of carbonyl (C=O) groups is 1. The quantitative estimate of drug-likeness (QED) is 0.786. The Bertz CT molecular complexity index is 649. The van der Waals surface area contributed by atoms with Crippen molar-refractivity contribution in [1.29, 1.82) is 0 Å². The maximum absolute atomic E-state index is 11.7. The van der Waals surface area contributed by atoms with E-state index in [1.807, 2.05) is 24.3 Å². The van der Waals surface area contributed by atoms with Gasteiger partial charge in [0.1, 0.15) is 11.8 Å². The van der Waals surface area contributed by atoms with Crippen LogP contribution < -0.4 is 11.1 Å². The van der Waals surface area contributed by atoms with Gasteiger partial charge in [0.25, 0.3) is 0 Å². The Morgan fingerprint density at radius 3 is 2.60 bits per heavy atom. The van der Waals surface area contributed by atoms with Crippen LogP contribution in [0, 0.1) is 0 Å². The largest absolute Gasteiger partial charge is 0.506 e. The van der Waals surface area contributed by atoms with Gasteiger partial charge in [-0.25, -0.2) is 0 Å². The monoisotopic (exact) mass is 354 g/mol. The smallest absolute Gasteiger partial charge is 0.244 e. The molecule has 104 valence electrons. The van der Waals surface area contributed by atoms with E-state index in [1.165, 1.54) is 12.1 Å². The van der Waals surface area contributed by atoms with E-state index in [-0.39, 0.29) is 10.8 Å². The van der Waals surface area contributed by atoms with Gasteiger partial charge in [0, 0.05) is 10.2 Å². The summed E-state index contributed by atoms with van der Waals surface area (Å²) in [6.45, 7) is 0. The van der Waals surface area contributed by atoms with Gasteiger partial charge < -0.3 is 16.2 Å². The zero-order valence-electron chi connectivity index (χ0n) is 10.3. The molecule has 2 aromatic carbocycles. The summed E-state index contributed by atoms with van der Waals surface area (Å²) < 4.78 is 0.816. The number of hydrogen-bond acceptors (Lipinski definition) is 3. The molecule has 20 heavy (non-hydrogen) atoms. The van der Waals surface area contributed by atoms with Crippen molar-refractivity contribution in [2.24, 2.45) is 5.73 Å². The second kappa shape index (κ2) is 6.15. The minimum absolute atomic E-state index is 0.0421. The molecule has 0 radical (unpaired) electrons. The lowest BCUT2D eigenvalue weighted by molar-refractivity contribution is -0.118. The number of phenolic OH excluding ortho intramolecular Hbond substituents is 1. The summed E-state index contributed by atoms with van der Waals surface area (Å²) in [4.78, 5) is 11.7. The lowest BCUT2D eigenvalue weighted by atomic mass is 10.1.